The summed E-state index contributed by atoms with van der Waals surface area (Å²) >= 11 is 3.34. The Hall–Kier alpha value is -1.57. The van der Waals surface area contributed by atoms with Crippen molar-refractivity contribution in [2.24, 2.45) is 0 Å². The Morgan fingerprint density at radius 3 is 2.42 bits per heavy atom. The minimum absolute atomic E-state index is 0.215. The first-order valence-corrected chi connectivity index (χ1v) is 9.91. The highest BCUT2D eigenvalue weighted by Gasteiger charge is 2.29. The van der Waals surface area contributed by atoms with Crippen molar-refractivity contribution in [3.63, 3.8) is 0 Å². The number of halogens is 1. The van der Waals surface area contributed by atoms with Gasteiger partial charge in [-0.15, -0.1) is 0 Å². The molecule has 7 heteroatoms. The Bertz CT molecular complexity index is 847. The summed E-state index contributed by atoms with van der Waals surface area (Å²) in [6.45, 7) is 3.83. The van der Waals surface area contributed by atoms with Gasteiger partial charge in [-0.3, -0.25) is 0 Å². The minimum atomic E-state index is -3.50. The average Bonchev–Trinajstić information content (AvgIpc) is 2.57. The van der Waals surface area contributed by atoms with Gasteiger partial charge >= 0.3 is 0 Å². The summed E-state index contributed by atoms with van der Waals surface area (Å²) in [6, 6.07) is 12.3. The van der Waals surface area contributed by atoms with E-state index in [4.69, 9.17) is 0 Å². The number of rotatable bonds is 3. The van der Waals surface area contributed by atoms with Crippen LogP contribution in [0, 0.1) is 6.92 Å². The Balaban J connectivity index is 1.77. The summed E-state index contributed by atoms with van der Waals surface area (Å²) < 4.78 is 28.1. The van der Waals surface area contributed by atoms with E-state index in [1.807, 2.05) is 19.1 Å². The summed E-state index contributed by atoms with van der Waals surface area (Å²) in [4.78, 5) is 2.43. The molecular weight excluding hydrogens is 392 g/mol. The van der Waals surface area contributed by atoms with Crippen molar-refractivity contribution in [3.05, 3.63) is 52.5 Å². The van der Waals surface area contributed by atoms with E-state index in [0.29, 0.717) is 31.1 Å². The first-order chi connectivity index (χ1) is 11.4. The predicted octanol–water partition coefficient (Wildman–Crippen LogP) is 2.97. The van der Waals surface area contributed by atoms with Gasteiger partial charge in [0, 0.05) is 42.4 Å². The molecule has 1 saturated heterocycles. The summed E-state index contributed by atoms with van der Waals surface area (Å²) in [5.74, 6) is 0.215. The lowest BCUT2D eigenvalue weighted by atomic mass is 10.2. The molecule has 0 aliphatic carbocycles. The molecule has 0 aromatic heterocycles. The fourth-order valence-electron chi connectivity index (χ4n) is 2.87. The monoisotopic (exact) mass is 410 g/mol. The topological polar surface area (TPSA) is 60.9 Å². The van der Waals surface area contributed by atoms with Gasteiger partial charge in [0.1, 0.15) is 5.75 Å². The number of aromatic hydroxyl groups is 1. The molecule has 1 fully saturated rings. The molecule has 5 nitrogen and oxygen atoms in total. The van der Waals surface area contributed by atoms with Gasteiger partial charge < -0.3 is 10.0 Å². The number of nitrogens with zero attached hydrogens (tertiary/aromatic N) is 2. The lowest BCUT2D eigenvalue weighted by Gasteiger charge is -2.35. The summed E-state index contributed by atoms with van der Waals surface area (Å²) in [6.07, 6.45) is 0. The van der Waals surface area contributed by atoms with Crippen molar-refractivity contribution >= 4 is 31.6 Å². The molecule has 1 aliphatic rings. The Kier molecular flexibility index (Phi) is 4.85. The lowest BCUT2D eigenvalue weighted by Crippen LogP contribution is -2.48. The smallest absolute Gasteiger partial charge is 0.243 e. The van der Waals surface area contributed by atoms with E-state index in [9.17, 15) is 13.5 Å². The molecular formula is C17H19BrN2O3S. The number of phenols is 1. The van der Waals surface area contributed by atoms with Crippen LogP contribution >= 0.6 is 15.9 Å². The Morgan fingerprint density at radius 2 is 1.75 bits per heavy atom. The third-order valence-electron chi connectivity index (χ3n) is 4.20. The number of benzene rings is 2. The predicted molar refractivity (Wildman–Crippen MR) is 98.0 cm³/mol. The zero-order chi connectivity index (χ0) is 17.3. The SMILES string of the molecule is Cc1ccc(Br)cc1S(=O)(=O)N1CCN(c2cccc(O)c2)CC1. The number of sulfonamides is 1. The molecule has 0 bridgehead atoms. The molecule has 1 N–H and O–H groups in total. The van der Waals surface area contributed by atoms with Gasteiger partial charge in [-0.05, 0) is 36.8 Å². The zero-order valence-corrected chi connectivity index (χ0v) is 15.7. The quantitative estimate of drug-likeness (QED) is 0.844. The van der Waals surface area contributed by atoms with E-state index in [0.717, 1.165) is 15.7 Å². The third-order valence-corrected chi connectivity index (χ3v) is 6.74. The number of hydrogen-bond donors (Lipinski definition) is 1. The first-order valence-electron chi connectivity index (χ1n) is 7.68. The molecule has 2 aromatic rings. The van der Waals surface area contributed by atoms with Crippen LogP contribution in [-0.4, -0.2) is 44.0 Å². The van der Waals surface area contributed by atoms with Crippen molar-refractivity contribution < 1.29 is 13.5 Å². The van der Waals surface area contributed by atoms with Crippen LogP contribution in [0.4, 0.5) is 5.69 Å². The lowest BCUT2D eigenvalue weighted by molar-refractivity contribution is 0.384. The van der Waals surface area contributed by atoms with Crippen LogP contribution in [0.1, 0.15) is 5.56 Å². The van der Waals surface area contributed by atoms with E-state index < -0.39 is 10.0 Å². The highest BCUT2D eigenvalue weighted by atomic mass is 79.9. The van der Waals surface area contributed by atoms with Gasteiger partial charge in [-0.1, -0.05) is 28.1 Å². The van der Waals surface area contributed by atoms with Crippen LogP contribution in [0.5, 0.6) is 5.75 Å². The van der Waals surface area contributed by atoms with Gasteiger partial charge in [0.05, 0.1) is 4.90 Å². The maximum atomic E-state index is 12.9. The molecule has 1 heterocycles. The van der Waals surface area contributed by atoms with Gasteiger partial charge in [0.15, 0.2) is 0 Å². The van der Waals surface area contributed by atoms with Crippen molar-refractivity contribution in [1.29, 1.82) is 0 Å². The van der Waals surface area contributed by atoms with Crippen LogP contribution in [0.15, 0.2) is 51.8 Å². The molecule has 2 aromatic carbocycles. The molecule has 1 aliphatic heterocycles. The fourth-order valence-corrected chi connectivity index (χ4v) is 5.05. The standard InChI is InChI=1S/C17H19BrN2O3S/c1-13-5-6-14(18)11-17(13)24(22,23)20-9-7-19(8-10-20)15-3-2-4-16(21)12-15/h2-6,11-12,21H,7-10H2,1H3. The van der Waals surface area contributed by atoms with E-state index in [-0.39, 0.29) is 5.75 Å². The summed E-state index contributed by atoms with van der Waals surface area (Å²) in [7, 11) is -3.50. The zero-order valence-electron chi connectivity index (χ0n) is 13.3. The molecule has 128 valence electrons. The molecule has 0 unspecified atom stereocenters. The van der Waals surface area contributed by atoms with Crippen molar-refractivity contribution in [3.8, 4) is 5.75 Å². The second-order valence-electron chi connectivity index (χ2n) is 5.82. The Labute approximate surface area is 150 Å². The molecule has 24 heavy (non-hydrogen) atoms. The molecule has 0 amide bonds. The van der Waals surface area contributed by atoms with Crippen LogP contribution in [0.2, 0.25) is 0 Å². The van der Waals surface area contributed by atoms with Gasteiger partial charge in [-0.2, -0.15) is 4.31 Å². The second kappa shape index (κ2) is 6.74. The van der Waals surface area contributed by atoms with E-state index in [1.54, 1.807) is 30.3 Å². The molecule has 0 saturated carbocycles. The van der Waals surface area contributed by atoms with Crippen LogP contribution in [-0.2, 0) is 10.0 Å². The number of aryl methyl sites for hydroxylation is 1. The fraction of sp³-hybridized carbons (Fsp3) is 0.294. The van der Waals surface area contributed by atoms with E-state index in [1.165, 1.54) is 4.31 Å². The van der Waals surface area contributed by atoms with E-state index in [2.05, 4.69) is 20.8 Å². The molecule has 0 radical (unpaired) electrons. The van der Waals surface area contributed by atoms with E-state index >= 15 is 0 Å². The van der Waals surface area contributed by atoms with Crippen molar-refractivity contribution in [2.75, 3.05) is 31.1 Å². The van der Waals surface area contributed by atoms with Crippen LogP contribution in [0.3, 0.4) is 0 Å². The first kappa shape index (κ1) is 17.3. The van der Waals surface area contributed by atoms with Crippen molar-refractivity contribution in [2.45, 2.75) is 11.8 Å². The van der Waals surface area contributed by atoms with Gasteiger partial charge in [0.2, 0.25) is 10.0 Å². The molecule has 0 spiro atoms. The largest absolute Gasteiger partial charge is 0.508 e. The Morgan fingerprint density at radius 1 is 1.04 bits per heavy atom. The highest BCUT2D eigenvalue weighted by molar-refractivity contribution is 9.10. The van der Waals surface area contributed by atoms with Crippen molar-refractivity contribution in [1.82, 2.24) is 4.31 Å². The second-order valence-corrected chi connectivity index (χ2v) is 8.64. The number of piperazine rings is 1. The van der Waals surface area contributed by atoms with Crippen LogP contribution < -0.4 is 4.90 Å². The molecule has 3 rings (SSSR count). The normalized spacial score (nSPS) is 16.3. The maximum absolute atomic E-state index is 12.9. The number of phenolic OH excluding ortho intramolecular Hbond substituents is 1. The summed E-state index contributed by atoms with van der Waals surface area (Å²) in [5.41, 5.74) is 1.65. The van der Waals surface area contributed by atoms with Crippen LogP contribution in [0.25, 0.3) is 0 Å². The van der Waals surface area contributed by atoms with Gasteiger partial charge in [0.25, 0.3) is 0 Å². The highest BCUT2D eigenvalue weighted by Crippen LogP contribution is 2.26. The van der Waals surface area contributed by atoms with Gasteiger partial charge in [-0.25, -0.2) is 8.42 Å². The summed E-state index contributed by atoms with van der Waals surface area (Å²) in [5, 5.41) is 9.59. The number of hydrogen-bond acceptors (Lipinski definition) is 4. The number of anilines is 1. The third kappa shape index (κ3) is 3.43. The average molecular weight is 411 g/mol. The minimum Gasteiger partial charge on any atom is -0.508 e. The molecule has 0 atom stereocenters. The maximum Gasteiger partial charge on any atom is 0.243 e.